The highest BCUT2D eigenvalue weighted by atomic mass is 32.1. The summed E-state index contributed by atoms with van der Waals surface area (Å²) in [5.41, 5.74) is 6.93. The van der Waals surface area contributed by atoms with E-state index in [4.69, 9.17) is 10.5 Å². The number of aryl methyl sites for hydroxylation is 1. The molecule has 3 aliphatic carbocycles. The SMILES string of the molecule is NC(=O)c1c(NC(=O)COC(=O)C[C@@H]2C[C@@H]3CC[C@@H]2C3)sc2c1CCCC2. The first kappa shape index (κ1) is 18.5. The fourth-order valence-corrected chi connectivity index (χ4v) is 6.43. The van der Waals surface area contributed by atoms with Crippen molar-refractivity contribution in [3.63, 3.8) is 0 Å². The summed E-state index contributed by atoms with van der Waals surface area (Å²) < 4.78 is 5.19. The van der Waals surface area contributed by atoms with Gasteiger partial charge in [0.1, 0.15) is 5.00 Å². The molecule has 4 rings (SSSR count). The van der Waals surface area contributed by atoms with Gasteiger partial charge in [-0.2, -0.15) is 0 Å². The van der Waals surface area contributed by atoms with E-state index in [1.165, 1.54) is 30.6 Å². The lowest BCUT2D eigenvalue weighted by Gasteiger charge is -2.20. The summed E-state index contributed by atoms with van der Waals surface area (Å²) in [6.07, 6.45) is 9.14. The van der Waals surface area contributed by atoms with Crippen molar-refractivity contribution in [3.05, 3.63) is 16.0 Å². The molecule has 0 aromatic carbocycles. The van der Waals surface area contributed by atoms with Crippen molar-refractivity contribution >= 4 is 34.1 Å². The summed E-state index contributed by atoms with van der Waals surface area (Å²) >= 11 is 1.41. The van der Waals surface area contributed by atoms with Crippen molar-refractivity contribution in [2.24, 2.45) is 23.5 Å². The van der Waals surface area contributed by atoms with Crippen LogP contribution in [0.25, 0.3) is 0 Å². The molecule has 0 unspecified atom stereocenters. The van der Waals surface area contributed by atoms with Crippen molar-refractivity contribution in [3.8, 4) is 0 Å². The smallest absolute Gasteiger partial charge is 0.306 e. The minimum Gasteiger partial charge on any atom is -0.456 e. The molecule has 7 heteroatoms. The fraction of sp³-hybridized carbons (Fsp3) is 0.650. The van der Waals surface area contributed by atoms with E-state index in [9.17, 15) is 14.4 Å². The number of amides is 2. The number of esters is 1. The summed E-state index contributed by atoms with van der Waals surface area (Å²) in [6, 6.07) is 0. The third-order valence-electron chi connectivity index (χ3n) is 6.35. The van der Waals surface area contributed by atoms with E-state index >= 15 is 0 Å². The van der Waals surface area contributed by atoms with E-state index in [0.29, 0.717) is 28.8 Å². The van der Waals surface area contributed by atoms with E-state index in [1.807, 2.05) is 0 Å². The van der Waals surface area contributed by atoms with Gasteiger partial charge in [-0.05, 0) is 68.3 Å². The number of nitrogens with one attached hydrogen (secondary N) is 1. The molecule has 3 N–H and O–H groups in total. The van der Waals surface area contributed by atoms with Crippen LogP contribution in [0.2, 0.25) is 0 Å². The van der Waals surface area contributed by atoms with Crippen LogP contribution in [0.1, 0.15) is 65.7 Å². The number of carbonyl (C=O) groups excluding carboxylic acids is 3. The zero-order valence-corrected chi connectivity index (χ0v) is 16.2. The van der Waals surface area contributed by atoms with Crippen LogP contribution in [0.5, 0.6) is 0 Å². The Labute approximate surface area is 162 Å². The number of hydrogen-bond acceptors (Lipinski definition) is 5. The zero-order chi connectivity index (χ0) is 19.0. The van der Waals surface area contributed by atoms with Gasteiger partial charge in [0.15, 0.2) is 6.61 Å². The average Bonchev–Trinajstić information content (AvgIpc) is 3.33. The number of thiophene rings is 1. The number of anilines is 1. The molecule has 2 saturated carbocycles. The molecule has 2 bridgehead atoms. The Balaban J connectivity index is 1.31. The Bertz CT molecular complexity index is 772. The van der Waals surface area contributed by atoms with Crippen LogP contribution in [-0.2, 0) is 27.2 Å². The molecule has 2 amide bonds. The van der Waals surface area contributed by atoms with E-state index in [0.717, 1.165) is 48.5 Å². The second kappa shape index (κ2) is 7.62. The predicted octanol–water partition coefficient (Wildman–Crippen LogP) is 3.03. The molecule has 1 heterocycles. The molecule has 0 aliphatic heterocycles. The Morgan fingerprint density at radius 2 is 1.96 bits per heavy atom. The quantitative estimate of drug-likeness (QED) is 0.729. The second-order valence-electron chi connectivity index (χ2n) is 8.13. The number of hydrogen-bond donors (Lipinski definition) is 2. The second-order valence-corrected chi connectivity index (χ2v) is 9.23. The molecule has 6 nitrogen and oxygen atoms in total. The first-order chi connectivity index (χ1) is 13.0. The number of carbonyl (C=O) groups is 3. The Morgan fingerprint density at radius 3 is 2.67 bits per heavy atom. The summed E-state index contributed by atoms with van der Waals surface area (Å²) in [7, 11) is 0. The van der Waals surface area contributed by atoms with Gasteiger partial charge in [-0.1, -0.05) is 6.42 Å². The Hall–Kier alpha value is -1.89. The maximum atomic E-state index is 12.2. The molecule has 3 aliphatic rings. The highest BCUT2D eigenvalue weighted by Gasteiger charge is 2.40. The van der Waals surface area contributed by atoms with Gasteiger partial charge in [0, 0.05) is 11.3 Å². The molecule has 2 fully saturated rings. The zero-order valence-electron chi connectivity index (χ0n) is 15.4. The van der Waals surface area contributed by atoms with Crippen LogP contribution in [0.3, 0.4) is 0 Å². The molecule has 1 aromatic rings. The Morgan fingerprint density at radius 1 is 1.15 bits per heavy atom. The highest BCUT2D eigenvalue weighted by molar-refractivity contribution is 7.17. The molecular weight excluding hydrogens is 364 g/mol. The van der Waals surface area contributed by atoms with Crippen LogP contribution in [0.4, 0.5) is 5.00 Å². The lowest BCUT2D eigenvalue weighted by Crippen LogP contribution is -2.24. The minimum absolute atomic E-state index is 0.303. The van der Waals surface area contributed by atoms with Gasteiger partial charge < -0.3 is 15.8 Å². The lowest BCUT2D eigenvalue weighted by molar-refractivity contribution is -0.148. The Kier molecular flexibility index (Phi) is 5.21. The first-order valence-corrected chi connectivity index (χ1v) is 10.7. The maximum Gasteiger partial charge on any atom is 0.306 e. The molecule has 27 heavy (non-hydrogen) atoms. The van der Waals surface area contributed by atoms with Gasteiger partial charge in [-0.3, -0.25) is 14.4 Å². The largest absolute Gasteiger partial charge is 0.456 e. The molecule has 0 radical (unpaired) electrons. The van der Waals surface area contributed by atoms with Crippen LogP contribution >= 0.6 is 11.3 Å². The van der Waals surface area contributed by atoms with Crippen LogP contribution < -0.4 is 11.1 Å². The molecular formula is C20H26N2O4S. The lowest BCUT2D eigenvalue weighted by atomic mass is 9.86. The van der Waals surface area contributed by atoms with Crippen LogP contribution in [-0.4, -0.2) is 24.4 Å². The van der Waals surface area contributed by atoms with Crippen molar-refractivity contribution in [2.45, 2.75) is 57.8 Å². The standard InChI is InChI=1S/C20H26N2O4S/c21-19(25)18-14-3-1-2-4-15(14)27-20(18)22-16(23)10-26-17(24)9-13-8-11-5-6-12(13)7-11/h11-13H,1-10H2,(H2,21,25)(H,22,23)/t11-,12-,13+/m1/s1. The van der Waals surface area contributed by atoms with Gasteiger partial charge in [-0.15, -0.1) is 11.3 Å². The molecule has 146 valence electrons. The topological polar surface area (TPSA) is 98.5 Å². The third-order valence-corrected chi connectivity index (χ3v) is 7.56. The molecule has 1 aromatic heterocycles. The first-order valence-electron chi connectivity index (χ1n) is 9.91. The number of ether oxygens (including phenoxy) is 1. The highest BCUT2D eigenvalue weighted by Crippen LogP contribution is 2.49. The van der Waals surface area contributed by atoms with Gasteiger partial charge >= 0.3 is 5.97 Å². The van der Waals surface area contributed by atoms with Crippen molar-refractivity contribution in [2.75, 3.05) is 11.9 Å². The van der Waals surface area contributed by atoms with Crippen molar-refractivity contribution in [1.29, 1.82) is 0 Å². The van der Waals surface area contributed by atoms with Gasteiger partial charge in [0.2, 0.25) is 0 Å². The number of rotatable bonds is 6. The van der Waals surface area contributed by atoms with E-state index in [1.54, 1.807) is 0 Å². The molecule has 3 atom stereocenters. The monoisotopic (exact) mass is 390 g/mol. The molecule has 0 saturated heterocycles. The van der Waals surface area contributed by atoms with Crippen LogP contribution in [0.15, 0.2) is 0 Å². The minimum atomic E-state index is -0.516. The fourth-order valence-electron chi connectivity index (χ4n) is 5.12. The average molecular weight is 391 g/mol. The summed E-state index contributed by atoms with van der Waals surface area (Å²) in [6.45, 7) is -0.319. The molecule has 0 spiro atoms. The number of primary amides is 1. The predicted molar refractivity (Wildman–Crippen MR) is 103 cm³/mol. The van der Waals surface area contributed by atoms with Gasteiger partial charge in [-0.25, -0.2) is 0 Å². The summed E-state index contributed by atoms with van der Waals surface area (Å²) in [5.74, 6) is 0.628. The van der Waals surface area contributed by atoms with Crippen molar-refractivity contribution in [1.82, 2.24) is 0 Å². The van der Waals surface area contributed by atoms with E-state index in [-0.39, 0.29) is 12.6 Å². The van der Waals surface area contributed by atoms with Crippen molar-refractivity contribution < 1.29 is 19.1 Å². The van der Waals surface area contributed by atoms with E-state index < -0.39 is 11.8 Å². The third kappa shape index (κ3) is 3.88. The maximum absolute atomic E-state index is 12.2. The summed E-state index contributed by atoms with van der Waals surface area (Å²) in [4.78, 5) is 37.3. The number of fused-ring (bicyclic) bond motifs is 3. The van der Waals surface area contributed by atoms with Crippen LogP contribution in [0, 0.1) is 17.8 Å². The number of nitrogens with two attached hydrogens (primary N) is 1. The van der Waals surface area contributed by atoms with Gasteiger partial charge in [0.25, 0.3) is 11.8 Å². The normalized spacial score (nSPS) is 25.9. The van der Waals surface area contributed by atoms with E-state index in [2.05, 4.69) is 5.32 Å². The summed E-state index contributed by atoms with van der Waals surface area (Å²) in [5, 5.41) is 3.22. The van der Waals surface area contributed by atoms with Gasteiger partial charge in [0.05, 0.1) is 5.56 Å².